The summed E-state index contributed by atoms with van der Waals surface area (Å²) in [4.78, 5) is 50.2. The van der Waals surface area contributed by atoms with Crippen LogP contribution in [0.2, 0.25) is 10.6 Å². The van der Waals surface area contributed by atoms with Gasteiger partial charge in [0.1, 0.15) is 23.2 Å². The third-order valence-electron chi connectivity index (χ3n) is 5.68. The molecule has 0 atom stereocenters. The van der Waals surface area contributed by atoms with E-state index in [-0.39, 0.29) is 22.9 Å². The van der Waals surface area contributed by atoms with Crippen molar-refractivity contribution < 1.29 is 19.1 Å². The smallest absolute Gasteiger partial charge is 0.407 e. The van der Waals surface area contributed by atoms with E-state index >= 15 is 0 Å². The van der Waals surface area contributed by atoms with Crippen LogP contribution in [0, 0.1) is 0 Å². The summed E-state index contributed by atoms with van der Waals surface area (Å²) in [5.74, 6) is 0.0422. The predicted octanol–water partition coefficient (Wildman–Crippen LogP) is 3.11. The van der Waals surface area contributed by atoms with Crippen molar-refractivity contribution in [3.05, 3.63) is 46.5 Å². The number of fused-ring (bicyclic) bond motifs is 4. The van der Waals surface area contributed by atoms with E-state index in [1.165, 1.54) is 0 Å². The van der Waals surface area contributed by atoms with Crippen LogP contribution in [-0.4, -0.2) is 66.0 Å². The van der Waals surface area contributed by atoms with E-state index in [9.17, 15) is 14.4 Å². The fourth-order valence-electron chi connectivity index (χ4n) is 4.16. The molecule has 5 rings (SSSR count). The molecule has 0 spiro atoms. The van der Waals surface area contributed by atoms with Gasteiger partial charge in [0.15, 0.2) is 0 Å². The van der Waals surface area contributed by atoms with Gasteiger partial charge < -0.3 is 29.3 Å². The molecule has 5 heterocycles. The summed E-state index contributed by atoms with van der Waals surface area (Å²) in [6.45, 7) is 7.52. The fraction of sp³-hybridized carbons (Fsp3) is 0.400. The molecule has 0 unspecified atom stereocenters. The second kappa shape index (κ2) is 12.0. The largest absolute Gasteiger partial charge is 0.444 e. The third kappa shape index (κ3) is 7.21. The lowest BCUT2D eigenvalue weighted by Crippen LogP contribution is -2.34. The number of rotatable bonds is 5. The number of ether oxygens (including phenoxy) is 1. The minimum atomic E-state index is -0.548. The highest BCUT2D eigenvalue weighted by Crippen LogP contribution is 2.21. The standard InChI is InChI=1S/C15H19ClN4O3.C10H9ClN4O/c1-15(2,3)23-14(22)17-5-6-20-11(4-7-21)8-10-9-18-13(16)19-12(10)20;11-10-13-5-6-3-7-4-8(16)12-1-2-15(7)9(6)14-10/h7-9H,4-6H2,1-3H3,(H,17,22);3,5H,1-2,4H2,(H,12,16). The maximum absolute atomic E-state index is 11.7. The Labute approximate surface area is 234 Å². The second-order valence-corrected chi connectivity index (χ2v) is 10.4. The minimum absolute atomic E-state index is 0.0422. The van der Waals surface area contributed by atoms with Crippen LogP contribution < -0.4 is 10.6 Å². The fourth-order valence-corrected chi connectivity index (χ4v) is 4.42. The Kier molecular flexibility index (Phi) is 8.66. The van der Waals surface area contributed by atoms with Crippen LogP contribution in [-0.2, 0) is 40.3 Å². The number of halogens is 2. The molecule has 0 aliphatic carbocycles. The number of alkyl carbamates (subject to hydrolysis) is 1. The van der Waals surface area contributed by atoms with Gasteiger partial charge in [0.05, 0.1) is 6.42 Å². The number of amides is 2. The molecule has 0 radical (unpaired) electrons. The van der Waals surface area contributed by atoms with Crippen LogP contribution in [0.15, 0.2) is 24.5 Å². The van der Waals surface area contributed by atoms with E-state index in [1.54, 1.807) is 33.2 Å². The van der Waals surface area contributed by atoms with Gasteiger partial charge in [-0.15, -0.1) is 0 Å². The van der Waals surface area contributed by atoms with Crippen molar-refractivity contribution in [3.8, 4) is 0 Å². The lowest BCUT2D eigenvalue weighted by atomic mass is 10.2. The van der Waals surface area contributed by atoms with Crippen molar-refractivity contribution in [2.75, 3.05) is 13.1 Å². The molecule has 0 aromatic carbocycles. The molecule has 4 aromatic heterocycles. The van der Waals surface area contributed by atoms with Gasteiger partial charge in [-0.05, 0) is 56.1 Å². The van der Waals surface area contributed by atoms with E-state index in [0.29, 0.717) is 31.7 Å². The molecular formula is C25H28Cl2N8O4. The van der Waals surface area contributed by atoms with E-state index in [2.05, 4.69) is 30.6 Å². The van der Waals surface area contributed by atoms with Crippen molar-refractivity contribution in [2.45, 2.75) is 52.3 Å². The topological polar surface area (TPSA) is 146 Å². The van der Waals surface area contributed by atoms with Crippen LogP contribution in [0.1, 0.15) is 32.2 Å². The Bertz CT molecular complexity index is 1530. The number of aromatic nitrogens is 6. The van der Waals surface area contributed by atoms with Crippen LogP contribution in [0.4, 0.5) is 4.79 Å². The summed E-state index contributed by atoms with van der Waals surface area (Å²) >= 11 is 11.6. The molecule has 0 bridgehead atoms. The number of nitrogens with one attached hydrogen (secondary N) is 2. The molecule has 4 aromatic rings. The van der Waals surface area contributed by atoms with Crippen molar-refractivity contribution >= 4 is 63.6 Å². The number of nitrogens with zero attached hydrogens (tertiary/aromatic N) is 6. The van der Waals surface area contributed by atoms with Crippen LogP contribution >= 0.6 is 23.2 Å². The van der Waals surface area contributed by atoms with Crippen LogP contribution in [0.25, 0.3) is 22.1 Å². The van der Waals surface area contributed by atoms with E-state index in [1.807, 2.05) is 21.3 Å². The molecule has 2 amide bonds. The summed E-state index contributed by atoms with van der Waals surface area (Å²) in [7, 11) is 0. The third-order valence-corrected chi connectivity index (χ3v) is 6.04. The first-order chi connectivity index (χ1) is 18.5. The lowest BCUT2D eigenvalue weighted by Gasteiger charge is -2.20. The first-order valence-corrected chi connectivity index (χ1v) is 13.0. The zero-order valence-corrected chi connectivity index (χ0v) is 23.2. The summed E-state index contributed by atoms with van der Waals surface area (Å²) in [6.07, 6.45) is 4.26. The molecule has 39 heavy (non-hydrogen) atoms. The van der Waals surface area contributed by atoms with Crippen LogP contribution in [0.3, 0.4) is 0 Å². The van der Waals surface area contributed by atoms with Crippen molar-refractivity contribution in [1.29, 1.82) is 0 Å². The van der Waals surface area contributed by atoms with Gasteiger partial charge in [-0.2, -0.15) is 9.97 Å². The Morgan fingerprint density at radius 2 is 1.79 bits per heavy atom. The zero-order chi connectivity index (χ0) is 28.2. The van der Waals surface area contributed by atoms with E-state index in [0.717, 1.165) is 40.6 Å². The number of hydrogen-bond acceptors (Lipinski definition) is 8. The summed E-state index contributed by atoms with van der Waals surface area (Å²) < 4.78 is 9.04. The van der Waals surface area contributed by atoms with Crippen LogP contribution in [0.5, 0.6) is 0 Å². The Hall–Kier alpha value is -3.77. The van der Waals surface area contributed by atoms with Gasteiger partial charge in [-0.25, -0.2) is 14.8 Å². The van der Waals surface area contributed by atoms with Crippen molar-refractivity contribution in [2.24, 2.45) is 0 Å². The molecule has 1 aliphatic heterocycles. The second-order valence-electron chi connectivity index (χ2n) is 9.74. The summed E-state index contributed by atoms with van der Waals surface area (Å²) in [5, 5.41) is 7.59. The van der Waals surface area contributed by atoms with Gasteiger partial charge in [-0.1, -0.05) is 0 Å². The summed E-state index contributed by atoms with van der Waals surface area (Å²) in [5.41, 5.74) is 2.63. The van der Waals surface area contributed by atoms with Gasteiger partial charge in [0, 0.05) is 67.2 Å². The molecule has 1 aliphatic rings. The Morgan fingerprint density at radius 3 is 2.46 bits per heavy atom. The van der Waals surface area contributed by atoms with E-state index in [4.69, 9.17) is 27.9 Å². The van der Waals surface area contributed by atoms with Gasteiger partial charge in [0.25, 0.3) is 0 Å². The highest BCUT2D eigenvalue weighted by atomic mass is 35.5. The normalized spacial score (nSPS) is 13.2. The van der Waals surface area contributed by atoms with Crippen molar-refractivity contribution in [1.82, 2.24) is 39.7 Å². The van der Waals surface area contributed by atoms with Gasteiger partial charge in [0.2, 0.25) is 16.5 Å². The average Bonchev–Trinajstić information content (AvgIpc) is 3.28. The number of carbonyl (C=O) groups excluding carboxylic acids is 3. The molecule has 2 N–H and O–H groups in total. The Balaban J connectivity index is 0.000000192. The summed E-state index contributed by atoms with van der Waals surface area (Å²) in [6, 6.07) is 3.78. The number of aldehydes is 1. The minimum Gasteiger partial charge on any atom is -0.444 e. The van der Waals surface area contributed by atoms with E-state index < -0.39 is 11.7 Å². The number of carbonyl (C=O) groups is 3. The lowest BCUT2D eigenvalue weighted by molar-refractivity contribution is -0.120. The molecular weight excluding hydrogens is 547 g/mol. The monoisotopic (exact) mass is 574 g/mol. The first kappa shape index (κ1) is 28.2. The molecule has 14 heteroatoms. The first-order valence-electron chi connectivity index (χ1n) is 12.2. The average molecular weight is 575 g/mol. The Morgan fingerprint density at radius 1 is 1.13 bits per heavy atom. The molecule has 206 valence electrons. The SMILES string of the molecule is CC(C)(C)OC(=O)NCCn1c(CC=O)cc2cnc(Cl)nc21.O=C1Cc2cc3cnc(Cl)nc3n2CCN1. The molecule has 0 saturated heterocycles. The maximum atomic E-state index is 11.7. The molecule has 12 nitrogen and oxygen atoms in total. The van der Waals surface area contributed by atoms with Crippen molar-refractivity contribution in [3.63, 3.8) is 0 Å². The van der Waals surface area contributed by atoms with Gasteiger partial charge >= 0.3 is 6.09 Å². The highest BCUT2D eigenvalue weighted by molar-refractivity contribution is 6.28. The maximum Gasteiger partial charge on any atom is 0.407 e. The number of hydrogen-bond donors (Lipinski definition) is 2. The highest BCUT2D eigenvalue weighted by Gasteiger charge is 2.18. The molecule has 0 fully saturated rings. The quantitative estimate of drug-likeness (QED) is 0.273. The molecule has 0 saturated carbocycles. The van der Waals surface area contributed by atoms with Gasteiger partial charge in [-0.3, -0.25) is 4.79 Å². The predicted molar refractivity (Wildman–Crippen MR) is 146 cm³/mol. The zero-order valence-electron chi connectivity index (χ0n) is 21.7.